The lowest BCUT2D eigenvalue weighted by Crippen LogP contribution is -2.40. The fourth-order valence-electron chi connectivity index (χ4n) is 4.45. The molecule has 0 N–H and O–H groups in total. The first-order valence-electron chi connectivity index (χ1n) is 6.82. The zero-order valence-electron chi connectivity index (χ0n) is 9.84. The van der Waals surface area contributed by atoms with Crippen molar-refractivity contribution in [3.63, 3.8) is 0 Å². The van der Waals surface area contributed by atoms with Crippen molar-refractivity contribution in [3.8, 4) is 0 Å². The van der Waals surface area contributed by atoms with Crippen LogP contribution in [0.15, 0.2) is 12.2 Å². The average molecular weight is 231 g/mol. The van der Waals surface area contributed by atoms with Crippen molar-refractivity contribution in [2.75, 3.05) is 0 Å². The van der Waals surface area contributed by atoms with Crippen LogP contribution in [-0.2, 0) is 9.59 Å². The van der Waals surface area contributed by atoms with Crippen molar-refractivity contribution in [3.05, 3.63) is 12.2 Å². The molecule has 0 aromatic rings. The number of fused-ring (bicyclic) bond motifs is 5. The molecule has 2 saturated carbocycles. The summed E-state index contributed by atoms with van der Waals surface area (Å²) in [6, 6.07) is 0.222. The van der Waals surface area contributed by atoms with Gasteiger partial charge in [0.1, 0.15) is 0 Å². The highest BCUT2D eigenvalue weighted by Gasteiger charge is 2.60. The Morgan fingerprint density at radius 2 is 1.47 bits per heavy atom. The van der Waals surface area contributed by atoms with E-state index in [4.69, 9.17) is 0 Å². The largest absolute Gasteiger partial charge is 0.279 e. The average Bonchev–Trinajstić information content (AvgIpc) is 3.03. The van der Waals surface area contributed by atoms with Gasteiger partial charge in [0.2, 0.25) is 11.8 Å². The van der Waals surface area contributed by atoms with Crippen LogP contribution in [0.4, 0.5) is 0 Å². The van der Waals surface area contributed by atoms with Crippen molar-refractivity contribution >= 4 is 11.8 Å². The molecule has 3 fully saturated rings. The van der Waals surface area contributed by atoms with E-state index in [1.807, 2.05) is 0 Å². The summed E-state index contributed by atoms with van der Waals surface area (Å²) in [6.45, 7) is 0. The maximum atomic E-state index is 12.4. The van der Waals surface area contributed by atoms with E-state index in [0.29, 0.717) is 11.8 Å². The summed E-state index contributed by atoms with van der Waals surface area (Å²) in [5.41, 5.74) is 0. The molecule has 1 saturated heterocycles. The molecule has 0 aromatic heterocycles. The van der Waals surface area contributed by atoms with Gasteiger partial charge in [-0.2, -0.15) is 0 Å². The molecular weight excluding hydrogens is 214 g/mol. The number of nitrogens with zero attached hydrogens (tertiary/aromatic N) is 1. The minimum absolute atomic E-state index is 0.00176. The number of allylic oxidation sites excluding steroid dienone is 2. The summed E-state index contributed by atoms with van der Waals surface area (Å²) in [4.78, 5) is 26.5. The van der Waals surface area contributed by atoms with E-state index in [1.54, 1.807) is 4.90 Å². The molecule has 3 heteroatoms. The van der Waals surface area contributed by atoms with E-state index in [9.17, 15) is 9.59 Å². The van der Waals surface area contributed by atoms with E-state index in [2.05, 4.69) is 12.2 Å². The summed E-state index contributed by atoms with van der Waals surface area (Å²) in [7, 11) is 0. The van der Waals surface area contributed by atoms with Gasteiger partial charge in [-0.25, -0.2) is 0 Å². The summed E-state index contributed by atoms with van der Waals surface area (Å²) in [6.07, 6.45) is 9.75. The van der Waals surface area contributed by atoms with Crippen LogP contribution >= 0.6 is 0 Å². The van der Waals surface area contributed by atoms with Gasteiger partial charge in [0.15, 0.2) is 0 Å². The van der Waals surface area contributed by atoms with Crippen LogP contribution in [0.5, 0.6) is 0 Å². The van der Waals surface area contributed by atoms with E-state index >= 15 is 0 Å². The molecule has 1 aliphatic heterocycles. The predicted octanol–water partition coefficient (Wildman–Crippen LogP) is 1.74. The Hall–Kier alpha value is -1.12. The number of carbonyl (C=O) groups is 2. The second-order valence-corrected chi connectivity index (χ2v) is 5.98. The highest BCUT2D eigenvalue weighted by atomic mass is 16.2. The molecule has 3 nitrogen and oxygen atoms in total. The van der Waals surface area contributed by atoms with Gasteiger partial charge < -0.3 is 0 Å². The molecule has 2 unspecified atom stereocenters. The fourth-order valence-corrected chi connectivity index (χ4v) is 4.45. The van der Waals surface area contributed by atoms with Gasteiger partial charge in [-0.05, 0) is 31.1 Å². The molecule has 17 heavy (non-hydrogen) atoms. The maximum absolute atomic E-state index is 12.4. The molecule has 2 bridgehead atoms. The van der Waals surface area contributed by atoms with Crippen LogP contribution in [0, 0.1) is 23.7 Å². The number of likely N-dealkylation sites (tertiary alicyclic amines) is 1. The van der Waals surface area contributed by atoms with Crippen LogP contribution in [0.1, 0.15) is 32.1 Å². The van der Waals surface area contributed by atoms with Crippen molar-refractivity contribution < 1.29 is 9.59 Å². The zero-order chi connectivity index (χ0) is 11.6. The summed E-state index contributed by atoms with van der Waals surface area (Å²) < 4.78 is 0. The first-order chi connectivity index (χ1) is 8.27. The Bertz CT molecular complexity index is 392. The first kappa shape index (κ1) is 9.86. The quantitative estimate of drug-likeness (QED) is 0.509. The van der Waals surface area contributed by atoms with Gasteiger partial charge in [0.05, 0.1) is 11.8 Å². The monoisotopic (exact) mass is 231 g/mol. The van der Waals surface area contributed by atoms with E-state index in [-0.39, 0.29) is 29.7 Å². The second kappa shape index (κ2) is 3.21. The Morgan fingerprint density at radius 3 is 2.00 bits per heavy atom. The van der Waals surface area contributed by atoms with Crippen molar-refractivity contribution in [1.82, 2.24) is 4.90 Å². The highest BCUT2D eigenvalue weighted by molar-refractivity contribution is 6.06. The third-order valence-corrected chi connectivity index (χ3v) is 5.19. The summed E-state index contributed by atoms with van der Waals surface area (Å²) in [5.74, 6) is 0.990. The number of rotatable bonds is 1. The molecule has 2 amide bonds. The predicted molar refractivity (Wildman–Crippen MR) is 61.8 cm³/mol. The van der Waals surface area contributed by atoms with Crippen molar-refractivity contribution in [2.24, 2.45) is 23.7 Å². The van der Waals surface area contributed by atoms with Gasteiger partial charge in [0.25, 0.3) is 0 Å². The lowest BCUT2D eigenvalue weighted by atomic mass is 9.85. The van der Waals surface area contributed by atoms with Gasteiger partial charge in [-0.3, -0.25) is 14.5 Å². The summed E-state index contributed by atoms with van der Waals surface area (Å²) in [5, 5.41) is 0. The maximum Gasteiger partial charge on any atom is 0.233 e. The Balaban J connectivity index is 1.68. The van der Waals surface area contributed by atoms with Crippen LogP contribution in [0.3, 0.4) is 0 Å². The number of carbonyl (C=O) groups excluding carboxylic acids is 2. The standard InChI is InChI=1S/C14H17NO2/c16-13-11-8-5-6-9(7-8)12(11)14(17)15(13)10-3-1-2-4-10/h5-6,8-12H,1-4,7H2/t8-,9+,11?,12?. The topological polar surface area (TPSA) is 37.4 Å². The van der Waals surface area contributed by atoms with E-state index in [1.165, 1.54) is 12.8 Å². The number of amides is 2. The van der Waals surface area contributed by atoms with Crippen LogP contribution in [0.2, 0.25) is 0 Å². The third kappa shape index (κ3) is 1.12. The molecule has 1 heterocycles. The van der Waals surface area contributed by atoms with Crippen molar-refractivity contribution in [2.45, 2.75) is 38.1 Å². The van der Waals surface area contributed by atoms with E-state index in [0.717, 1.165) is 19.3 Å². The molecule has 0 radical (unpaired) electrons. The molecule has 0 spiro atoms. The molecular formula is C14H17NO2. The van der Waals surface area contributed by atoms with Crippen LogP contribution in [0.25, 0.3) is 0 Å². The van der Waals surface area contributed by atoms with Gasteiger partial charge in [-0.1, -0.05) is 25.0 Å². The van der Waals surface area contributed by atoms with Crippen LogP contribution in [-0.4, -0.2) is 22.8 Å². The Labute approximate surface area is 101 Å². The first-order valence-corrected chi connectivity index (χ1v) is 6.82. The minimum atomic E-state index is -0.00176. The molecule has 90 valence electrons. The summed E-state index contributed by atoms with van der Waals surface area (Å²) >= 11 is 0. The Morgan fingerprint density at radius 1 is 0.941 bits per heavy atom. The smallest absolute Gasteiger partial charge is 0.233 e. The third-order valence-electron chi connectivity index (χ3n) is 5.19. The normalized spacial score (nSPS) is 44.1. The molecule has 4 rings (SSSR count). The number of hydrogen-bond acceptors (Lipinski definition) is 2. The molecule has 4 aliphatic rings. The number of hydrogen-bond donors (Lipinski definition) is 0. The zero-order valence-corrected chi connectivity index (χ0v) is 9.84. The molecule has 3 aliphatic carbocycles. The second-order valence-electron chi connectivity index (χ2n) is 5.98. The van der Waals surface area contributed by atoms with Gasteiger partial charge in [0, 0.05) is 6.04 Å². The fraction of sp³-hybridized carbons (Fsp3) is 0.714. The SMILES string of the molecule is O=C1C2C(C(=O)N1C1CCCC1)[C@H]1C=C[C@@H]2C1. The van der Waals surface area contributed by atoms with E-state index < -0.39 is 0 Å². The Kier molecular flexibility index (Phi) is 1.86. The van der Waals surface area contributed by atoms with Crippen LogP contribution < -0.4 is 0 Å². The highest BCUT2D eigenvalue weighted by Crippen LogP contribution is 2.53. The lowest BCUT2D eigenvalue weighted by molar-refractivity contribution is -0.143. The van der Waals surface area contributed by atoms with Crippen molar-refractivity contribution in [1.29, 1.82) is 0 Å². The minimum Gasteiger partial charge on any atom is -0.279 e. The van der Waals surface area contributed by atoms with Gasteiger partial charge in [-0.15, -0.1) is 0 Å². The molecule has 4 atom stereocenters. The van der Waals surface area contributed by atoms with Gasteiger partial charge >= 0.3 is 0 Å². The lowest BCUT2D eigenvalue weighted by Gasteiger charge is -2.23. The molecule has 0 aromatic carbocycles. The number of imide groups is 1.